The number of nitrogens with zero attached hydrogens (tertiary/aromatic N) is 3. The van der Waals surface area contributed by atoms with Crippen molar-refractivity contribution in [2.75, 3.05) is 14.7 Å². The molecule has 0 saturated carbocycles. The minimum Gasteiger partial charge on any atom is -0.311 e. The average molecular weight is 1080 g/mol. The highest BCUT2D eigenvalue weighted by atomic mass is 15.2. The van der Waals surface area contributed by atoms with Gasteiger partial charge in [0.15, 0.2) is 0 Å². The van der Waals surface area contributed by atoms with E-state index in [4.69, 9.17) is 0 Å². The zero-order valence-electron chi connectivity index (χ0n) is 48.9. The maximum absolute atomic E-state index is 2.33. The Morgan fingerprint density at radius 3 is 0.783 bits per heavy atom. The molecule has 3 heteroatoms. The summed E-state index contributed by atoms with van der Waals surface area (Å²) in [6.45, 7) is 14.9. The van der Waals surface area contributed by atoms with Gasteiger partial charge in [0.2, 0.25) is 0 Å². The molecule has 0 spiro atoms. The van der Waals surface area contributed by atoms with Crippen LogP contribution in [0.4, 0.5) is 51.2 Å². The molecule has 0 heterocycles. The van der Waals surface area contributed by atoms with E-state index in [1.165, 1.54) is 83.7 Å². The molecular formula is C80H73N3. The molecule has 408 valence electrons. The molecule has 0 aliphatic heterocycles. The lowest BCUT2D eigenvalue weighted by molar-refractivity contribution is 1.22. The summed E-state index contributed by atoms with van der Waals surface area (Å²) in [6.07, 6.45) is 11.6. The highest BCUT2D eigenvalue weighted by Gasteiger charge is 2.17. The van der Waals surface area contributed by atoms with Crippen LogP contribution in [0.1, 0.15) is 46.7 Å². The molecule has 0 fully saturated rings. The van der Waals surface area contributed by atoms with Crippen molar-refractivity contribution in [2.45, 2.75) is 54.9 Å². The molecule has 1 aliphatic carbocycles. The molecule has 3 nitrogen and oxygen atoms in total. The van der Waals surface area contributed by atoms with E-state index >= 15 is 0 Å². The van der Waals surface area contributed by atoms with E-state index in [9.17, 15) is 0 Å². The fourth-order valence-electron chi connectivity index (χ4n) is 10.4. The van der Waals surface area contributed by atoms with Crippen molar-refractivity contribution < 1.29 is 0 Å². The Hall–Kier alpha value is -9.96. The standard InChI is InChI=1S/C45H38N2.C27H25N.C8H10/c1-33-15-17-36(18-16-33)37-19-25-41(26-20-37)46(40-11-5-4-6-12-40)42-27-21-38(22-28-42)39-23-29-43(30-24-39)47(44-13-7-9-34(2)31-44)45-14-8-10-35(3)32-45;1-20-10-12-23(13-11-20)24-14-16-25(17-15-24)28(26-8-4-6-21(2)18-26)27-9-5-7-22(3)19-27;1-8-6-4-2-3-5-7-8/h4-32H,1-3H3;4-19H,1-3H3;2-6H,7H2,1H3. The largest absolute Gasteiger partial charge is 0.311 e. The van der Waals surface area contributed by atoms with E-state index in [1.807, 2.05) is 0 Å². The summed E-state index contributed by atoms with van der Waals surface area (Å²) in [6, 6.07) is 98.1. The summed E-state index contributed by atoms with van der Waals surface area (Å²) in [7, 11) is 0. The van der Waals surface area contributed by atoms with Gasteiger partial charge in [-0.15, -0.1) is 0 Å². The second-order valence-corrected chi connectivity index (χ2v) is 21.6. The number of benzene rings is 11. The summed E-state index contributed by atoms with van der Waals surface area (Å²) in [5.74, 6) is 0. The minimum absolute atomic E-state index is 1.10. The summed E-state index contributed by atoms with van der Waals surface area (Å²) in [5, 5.41) is 0. The Kier molecular flexibility index (Phi) is 18.3. The second kappa shape index (κ2) is 27.0. The van der Waals surface area contributed by atoms with E-state index in [2.05, 4.69) is 367 Å². The number of rotatable bonds is 12. The van der Waals surface area contributed by atoms with Crippen molar-refractivity contribution in [3.05, 3.63) is 342 Å². The molecule has 0 amide bonds. The van der Waals surface area contributed by atoms with Gasteiger partial charge in [-0.1, -0.05) is 211 Å². The maximum Gasteiger partial charge on any atom is 0.0464 e. The van der Waals surface area contributed by atoms with Crippen LogP contribution in [0.15, 0.2) is 309 Å². The molecule has 0 atom stereocenters. The number of anilines is 9. The number of aryl methyl sites for hydroxylation is 6. The molecule has 0 N–H and O–H groups in total. The fraction of sp³-hybridized carbons (Fsp3) is 0.100. The first-order valence-corrected chi connectivity index (χ1v) is 28.8. The molecular weight excluding hydrogens is 1000 g/mol. The van der Waals surface area contributed by atoms with Crippen molar-refractivity contribution in [2.24, 2.45) is 0 Å². The molecule has 83 heavy (non-hydrogen) atoms. The Morgan fingerprint density at radius 2 is 0.482 bits per heavy atom. The van der Waals surface area contributed by atoms with Crippen LogP contribution in [0.2, 0.25) is 0 Å². The van der Waals surface area contributed by atoms with Gasteiger partial charge in [-0.2, -0.15) is 0 Å². The van der Waals surface area contributed by atoms with Gasteiger partial charge in [0.25, 0.3) is 0 Å². The molecule has 12 rings (SSSR count). The zero-order valence-corrected chi connectivity index (χ0v) is 48.9. The SMILES string of the molecule is CC1=CC=CC=CC1.Cc1ccc(-c2ccc(N(c3cccc(C)c3)c3cccc(C)c3)cc2)cc1.Cc1ccc(-c2ccc(N(c3ccccc3)c3ccc(-c4ccc(N(c5cccc(C)c5)c5cccc(C)c5)cc4)cc3)cc2)cc1. The van der Waals surface area contributed by atoms with Gasteiger partial charge in [0, 0.05) is 51.2 Å². The van der Waals surface area contributed by atoms with E-state index in [1.54, 1.807) is 0 Å². The Morgan fingerprint density at radius 1 is 0.217 bits per heavy atom. The van der Waals surface area contributed by atoms with Gasteiger partial charge in [0.05, 0.1) is 0 Å². The number of hydrogen-bond donors (Lipinski definition) is 0. The Bertz CT molecular complexity index is 3870. The third kappa shape index (κ3) is 14.7. The maximum atomic E-state index is 2.33. The monoisotopic (exact) mass is 1080 g/mol. The normalized spacial score (nSPS) is 11.5. The zero-order chi connectivity index (χ0) is 57.5. The summed E-state index contributed by atoms with van der Waals surface area (Å²) in [5.41, 5.74) is 26.6. The van der Waals surface area contributed by atoms with Crippen LogP contribution < -0.4 is 14.7 Å². The Balaban J connectivity index is 0.000000179. The highest BCUT2D eigenvalue weighted by molar-refractivity contribution is 5.83. The van der Waals surface area contributed by atoms with Crippen LogP contribution in [0, 0.1) is 41.5 Å². The lowest BCUT2D eigenvalue weighted by Crippen LogP contribution is -2.10. The van der Waals surface area contributed by atoms with E-state index in [0.29, 0.717) is 0 Å². The fourth-order valence-corrected chi connectivity index (χ4v) is 10.4. The van der Waals surface area contributed by atoms with Crippen molar-refractivity contribution in [3.8, 4) is 33.4 Å². The third-order valence-electron chi connectivity index (χ3n) is 14.8. The van der Waals surface area contributed by atoms with Crippen molar-refractivity contribution in [1.29, 1.82) is 0 Å². The molecule has 11 aromatic carbocycles. The summed E-state index contributed by atoms with van der Waals surface area (Å²) < 4.78 is 0. The molecule has 11 aromatic rings. The Labute approximate surface area is 493 Å². The predicted octanol–water partition coefficient (Wildman–Crippen LogP) is 23.1. The summed E-state index contributed by atoms with van der Waals surface area (Å²) in [4.78, 5) is 6.96. The first-order valence-electron chi connectivity index (χ1n) is 28.8. The van der Waals surface area contributed by atoms with Gasteiger partial charge >= 0.3 is 0 Å². The number of para-hydroxylation sites is 1. The van der Waals surface area contributed by atoms with Gasteiger partial charge in [0.1, 0.15) is 0 Å². The van der Waals surface area contributed by atoms with Crippen molar-refractivity contribution >= 4 is 51.2 Å². The lowest BCUT2D eigenvalue weighted by atomic mass is 10.0. The molecule has 0 saturated heterocycles. The first-order chi connectivity index (χ1) is 40.5. The minimum atomic E-state index is 1.10. The van der Waals surface area contributed by atoms with Gasteiger partial charge in [-0.05, 0) is 220 Å². The topological polar surface area (TPSA) is 9.72 Å². The van der Waals surface area contributed by atoms with Crippen LogP contribution in [-0.4, -0.2) is 0 Å². The van der Waals surface area contributed by atoms with E-state index in [-0.39, 0.29) is 0 Å². The van der Waals surface area contributed by atoms with Crippen LogP contribution in [0.3, 0.4) is 0 Å². The third-order valence-corrected chi connectivity index (χ3v) is 14.8. The molecule has 0 bridgehead atoms. The molecule has 0 radical (unpaired) electrons. The first kappa shape index (κ1) is 56.3. The van der Waals surface area contributed by atoms with Crippen LogP contribution in [-0.2, 0) is 0 Å². The second-order valence-electron chi connectivity index (χ2n) is 21.6. The number of hydrogen-bond acceptors (Lipinski definition) is 3. The predicted molar refractivity (Wildman–Crippen MR) is 358 cm³/mol. The van der Waals surface area contributed by atoms with E-state index in [0.717, 1.165) is 46.2 Å². The highest BCUT2D eigenvalue weighted by Crippen LogP contribution is 2.40. The summed E-state index contributed by atoms with van der Waals surface area (Å²) >= 11 is 0. The van der Waals surface area contributed by atoms with Gasteiger partial charge in [-0.3, -0.25) is 0 Å². The molecule has 0 unspecified atom stereocenters. The molecule has 1 aliphatic rings. The van der Waals surface area contributed by atoms with E-state index < -0.39 is 0 Å². The van der Waals surface area contributed by atoms with Crippen LogP contribution in [0.5, 0.6) is 0 Å². The average Bonchev–Trinajstić information content (AvgIpc) is 3.94. The lowest BCUT2D eigenvalue weighted by Gasteiger charge is -2.26. The van der Waals surface area contributed by atoms with Crippen molar-refractivity contribution in [1.82, 2.24) is 0 Å². The molecule has 0 aromatic heterocycles. The number of allylic oxidation sites excluding steroid dienone is 6. The van der Waals surface area contributed by atoms with Gasteiger partial charge in [-0.25, -0.2) is 0 Å². The quantitative estimate of drug-likeness (QED) is 0.121. The van der Waals surface area contributed by atoms with Crippen LogP contribution >= 0.6 is 0 Å². The smallest absolute Gasteiger partial charge is 0.0464 e. The van der Waals surface area contributed by atoms with Crippen LogP contribution in [0.25, 0.3) is 33.4 Å². The van der Waals surface area contributed by atoms with Gasteiger partial charge < -0.3 is 14.7 Å². The van der Waals surface area contributed by atoms with Crippen molar-refractivity contribution in [3.63, 3.8) is 0 Å².